The van der Waals surface area contributed by atoms with E-state index >= 15 is 0 Å². The predicted molar refractivity (Wildman–Crippen MR) is 96.2 cm³/mol. The fourth-order valence-electron chi connectivity index (χ4n) is 2.38. The first kappa shape index (κ1) is 16.8. The number of benzene rings is 2. The quantitative estimate of drug-likeness (QED) is 0.709. The van der Waals surface area contributed by atoms with E-state index in [2.05, 4.69) is 5.32 Å². The molecule has 7 heteroatoms. The summed E-state index contributed by atoms with van der Waals surface area (Å²) in [5.41, 5.74) is 0.569. The van der Waals surface area contributed by atoms with Gasteiger partial charge in [-0.1, -0.05) is 6.07 Å². The molecule has 3 aromatic rings. The van der Waals surface area contributed by atoms with Crippen molar-refractivity contribution in [1.82, 2.24) is 0 Å². The summed E-state index contributed by atoms with van der Waals surface area (Å²) in [7, 11) is 1.54. The summed E-state index contributed by atoms with van der Waals surface area (Å²) in [5.74, 6) is 0.0315. The molecule has 0 unspecified atom stereocenters. The molecule has 25 heavy (non-hydrogen) atoms. The van der Waals surface area contributed by atoms with Crippen molar-refractivity contribution in [2.45, 2.75) is 6.92 Å². The molecule has 3 rings (SSSR count). The number of carboxylic acids is 1. The van der Waals surface area contributed by atoms with E-state index in [9.17, 15) is 14.7 Å². The highest BCUT2D eigenvalue weighted by molar-refractivity contribution is 7.21. The third-order valence-corrected chi connectivity index (χ3v) is 4.56. The molecule has 0 saturated carbocycles. The molecule has 1 heterocycles. The van der Waals surface area contributed by atoms with Crippen molar-refractivity contribution in [2.24, 2.45) is 0 Å². The van der Waals surface area contributed by atoms with Crippen molar-refractivity contribution in [1.29, 1.82) is 0 Å². The third-order valence-electron chi connectivity index (χ3n) is 3.42. The number of ether oxygens (including phenoxy) is 2. The van der Waals surface area contributed by atoms with Crippen LogP contribution in [0.4, 0.5) is 5.69 Å². The molecule has 0 saturated heterocycles. The van der Waals surface area contributed by atoms with E-state index in [0.29, 0.717) is 22.6 Å². The summed E-state index contributed by atoms with van der Waals surface area (Å²) in [6.07, 6.45) is 0. The van der Waals surface area contributed by atoms with Crippen LogP contribution in [0.25, 0.3) is 10.1 Å². The Hall–Kier alpha value is -3.06. The molecular weight excluding hydrogens is 342 g/mol. The van der Waals surface area contributed by atoms with E-state index in [4.69, 9.17) is 9.47 Å². The molecule has 0 radical (unpaired) electrons. The average molecular weight is 357 g/mol. The number of amides is 1. The average Bonchev–Trinajstić information content (AvgIpc) is 2.92. The highest BCUT2D eigenvalue weighted by Crippen LogP contribution is 2.42. The number of carbonyl (C=O) groups is 2. The van der Waals surface area contributed by atoms with Crippen LogP contribution < -0.4 is 14.8 Å². The first-order valence-electron chi connectivity index (χ1n) is 7.37. The number of methoxy groups -OCH3 is 1. The third kappa shape index (κ3) is 3.56. The van der Waals surface area contributed by atoms with Gasteiger partial charge in [-0.15, -0.1) is 11.3 Å². The van der Waals surface area contributed by atoms with Gasteiger partial charge in [-0.05, 0) is 30.3 Å². The number of aromatic carboxylic acids is 1. The Morgan fingerprint density at radius 2 is 1.92 bits per heavy atom. The largest absolute Gasteiger partial charge is 0.497 e. The molecule has 6 nitrogen and oxygen atoms in total. The van der Waals surface area contributed by atoms with Gasteiger partial charge in [0.15, 0.2) is 10.6 Å². The van der Waals surface area contributed by atoms with Crippen LogP contribution in [0.2, 0.25) is 0 Å². The summed E-state index contributed by atoms with van der Waals surface area (Å²) in [6, 6.07) is 12.1. The van der Waals surface area contributed by atoms with E-state index in [1.54, 1.807) is 49.6 Å². The lowest BCUT2D eigenvalue weighted by molar-refractivity contribution is -0.114. The Labute approximate surface area is 147 Å². The lowest BCUT2D eigenvalue weighted by atomic mass is 10.2. The summed E-state index contributed by atoms with van der Waals surface area (Å²) < 4.78 is 11.9. The standard InChI is InChI=1S/C18H15NO5S/c1-10(20)19-11-4-3-5-13(8-11)24-16-14-9-12(23-2)6-7-15(14)25-17(16)18(21)22/h3-9H,1-2H3,(H,19,20)(H,21,22). The van der Waals surface area contributed by atoms with Crippen molar-refractivity contribution in [2.75, 3.05) is 12.4 Å². The molecule has 0 bridgehead atoms. The molecular formula is C18H15NO5S. The van der Waals surface area contributed by atoms with Crippen molar-refractivity contribution in [3.63, 3.8) is 0 Å². The zero-order chi connectivity index (χ0) is 18.0. The number of nitrogens with one attached hydrogen (secondary N) is 1. The van der Waals surface area contributed by atoms with Gasteiger partial charge in [-0.25, -0.2) is 4.79 Å². The Bertz CT molecular complexity index is 963. The van der Waals surface area contributed by atoms with E-state index in [0.717, 1.165) is 16.0 Å². The maximum absolute atomic E-state index is 11.6. The molecule has 2 N–H and O–H groups in total. The molecule has 1 amide bonds. The summed E-state index contributed by atoms with van der Waals surface area (Å²) in [6.45, 7) is 1.41. The monoisotopic (exact) mass is 357 g/mol. The van der Waals surface area contributed by atoms with Crippen LogP contribution in [-0.2, 0) is 4.79 Å². The number of anilines is 1. The Kier molecular flexibility index (Phi) is 4.58. The maximum Gasteiger partial charge on any atom is 0.349 e. The molecule has 128 valence electrons. The van der Waals surface area contributed by atoms with Crippen LogP contribution in [0.15, 0.2) is 42.5 Å². The predicted octanol–water partition coefficient (Wildman–Crippen LogP) is 4.36. The van der Waals surface area contributed by atoms with E-state index in [1.165, 1.54) is 6.92 Å². The van der Waals surface area contributed by atoms with Gasteiger partial charge in [0.1, 0.15) is 11.5 Å². The van der Waals surface area contributed by atoms with Crippen LogP contribution >= 0.6 is 11.3 Å². The number of carbonyl (C=O) groups excluding carboxylic acids is 1. The zero-order valence-corrected chi connectivity index (χ0v) is 14.3. The fraction of sp³-hybridized carbons (Fsp3) is 0.111. The summed E-state index contributed by atoms with van der Waals surface area (Å²) in [4.78, 5) is 22.9. The van der Waals surface area contributed by atoms with Crippen LogP contribution in [0.3, 0.4) is 0 Å². The zero-order valence-electron chi connectivity index (χ0n) is 13.5. The number of hydrogen-bond donors (Lipinski definition) is 2. The van der Waals surface area contributed by atoms with Gasteiger partial charge >= 0.3 is 5.97 Å². The van der Waals surface area contributed by atoms with Gasteiger partial charge < -0.3 is 19.9 Å². The second-order valence-electron chi connectivity index (χ2n) is 5.24. The topological polar surface area (TPSA) is 84.9 Å². The molecule has 0 fully saturated rings. The fourth-order valence-corrected chi connectivity index (χ4v) is 3.33. The number of rotatable bonds is 5. The first-order valence-corrected chi connectivity index (χ1v) is 8.19. The number of fused-ring (bicyclic) bond motifs is 1. The normalized spacial score (nSPS) is 10.5. The number of carboxylic acid groups (broad SMARTS) is 1. The minimum absolute atomic E-state index is 0.105. The summed E-state index contributed by atoms with van der Waals surface area (Å²) >= 11 is 1.14. The van der Waals surface area contributed by atoms with Crippen molar-refractivity contribution in [3.8, 4) is 17.2 Å². The van der Waals surface area contributed by atoms with Gasteiger partial charge in [0, 0.05) is 28.8 Å². The second kappa shape index (κ2) is 6.82. The van der Waals surface area contributed by atoms with E-state index in [1.807, 2.05) is 0 Å². The van der Waals surface area contributed by atoms with Crippen molar-refractivity contribution in [3.05, 3.63) is 47.3 Å². The highest BCUT2D eigenvalue weighted by Gasteiger charge is 2.20. The molecule has 1 aromatic heterocycles. The lowest BCUT2D eigenvalue weighted by Gasteiger charge is -2.09. The second-order valence-corrected chi connectivity index (χ2v) is 6.29. The van der Waals surface area contributed by atoms with Gasteiger partial charge in [0.05, 0.1) is 7.11 Å². The van der Waals surface area contributed by atoms with E-state index in [-0.39, 0.29) is 16.5 Å². The number of thiophene rings is 1. The number of hydrogen-bond acceptors (Lipinski definition) is 5. The van der Waals surface area contributed by atoms with Crippen LogP contribution in [0.1, 0.15) is 16.6 Å². The van der Waals surface area contributed by atoms with E-state index < -0.39 is 5.97 Å². The van der Waals surface area contributed by atoms with Crippen LogP contribution in [0, 0.1) is 0 Å². The molecule has 0 aliphatic heterocycles. The Morgan fingerprint density at radius 3 is 2.60 bits per heavy atom. The molecule has 0 atom stereocenters. The van der Waals surface area contributed by atoms with Crippen molar-refractivity contribution < 1.29 is 24.2 Å². The first-order chi connectivity index (χ1) is 12.0. The van der Waals surface area contributed by atoms with Gasteiger partial charge in [0.25, 0.3) is 0 Å². The molecule has 0 aliphatic rings. The van der Waals surface area contributed by atoms with Gasteiger partial charge in [-0.2, -0.15) is 0 Å². The van der Waals surface area contributed by atoms with Gasteiger partial charge in [-0.3, -0.25) is 4.79 Å². The van der Waals surface area contributed by atoms with Crippen molar-refractivity contribution >= 4 is 39.0 Å². The molecule has 2 aromatic carbocycles. The minimum atomic E-state index is -1.06. The summed E-state index contributed by atoms with van der Waals surface area (Å²) in [5, 5.41) is 12.8. The SMILES string of the molecule is COc1ccc2sc(C(=O)O)c(Oc3cccc(NC(C)=O)c3)c2c1. The molecule has 0 aliphatic carbocycles. The maximum atomic E-state index is 11.6. The lowest BCUT2D eigenvalue weighted by Crippen LogP contribution is -2.05. The highest BCUT2D eigenvalue weighted by atomic mass is 32.1. The minimum Gasteiger partial charge on any atom is -0.497 e. The van der Waals surface area contributed by atoms with Crippen LogP contribution in [-0.4, -0.2) is 24.1 Å². The molecule has 0 spiro atoms. The van der Waals surface area contributed by atoms with Crippen LogP contribution in [0.5, 0.6) is 17.2 Å². The smallest absolute Gasteiger partial charge is 0.349 e. The Morgan fingerprint density at radius 1 is 1.12 bits per heavy atom. The Balaban J connectivity index is 2.06. The van der Waals surface area contributed by atoms with Gasteiger partial charge in [0.2, 0.25) is 5.91 Å².